The number of aromatic nitrogens is 1. The number of nitrogens with one attached hydrogen (secondary N) is 2. The van der Waals surface area contributed by atoms with Crippen LogP contribution in [-0.4, -0.2) is 72.1 Å². The highest BCUT2D eigenvalue weighted by Crippen LogP contribution is 2.38. The van der Waals surface area contributed by atoms with Crippen molar-refractivity contribution in [1.82, 2.24) is 15.2 Å². The minimum Gasteiger partial charge on any atom is -0.497 e. The zero-order valence-electron chi connectivity index (χ0n) is 29.6. The summed E-state index contributed by atoms with van der Waals surface area (Å²) in [6.45, 7) is 5.39. The number of benzene rings is 2. The van der Waals surface area contributed by atoms with Crippen molar-refractivity contribution in [2.45, 2.75) is 89.4 Å². The highest BCUT2D eigenvalue weighted by molar-refractivity contribution is 5.96. The number of ether oxygens (including phenoxy) is 4. The maximum atomic E-state index is 13.9. The largest absolute Gasteiger partial charge is 0.497 e. The summed E-state index contributed by atoms with van der Waals surface area (Å²) in [6.07, 6.45) is 3.29. The second-order valence-electron chi connectivity index (χ2n) is 14.0. The zero-order valence-corrected chi connectivity index (χ0v) is 29.6. The van der Waals surface area contributed by atoms with E-state index in [2.05, 4.69) is 10.6 Å². The van der Waals surface area contributed by atoms with Gasteiger partial charge in [-0.05, 0) is 87.9 Å². The van der Waals surface area contributed by atoms with Crippen LogP contribution in [0.1, 0.15) is 69.2 Å². The molecule has 1 aliphatic heterocycles. The van der Waals surface area contributed by atoms with Crippen LogP contribution in [0.3, 0.4) is 0 Å². The third-order valence-corrected chi connectivity index (χ3v) is 9.01. The SMILES string of the molecule is COc1ccc(OC(=O)NC2CCc3ccn4c3C2C(=O)CC(C(=O)NC(CC(=O)OC(C)(C)C)C(=O)COCCCc2ccccc2)C4)cc1. The van der Waals surface area contributed by atoms with Crippen LogP contribution in [0.2, 0.25) is 0 Å². The van der Waals surface area contributed by atoms with Gasteiger partial charge in [0.1, 0.15) is 35.5 Å². The van der Waals surface area contributed by atoms with E-state index < -0.39 is 53.3 Å². The lowest BCUT2D eigenvalue weighted by Crippen LogP contribution is -2.48. The molecule has 51 heavy (non-hydrogen) atoms. The predicted octanol–water partition coefficient (Wildman–Crippen LogP) is 4.71. The second-order valence-corrected chi connectivity index (χ2v) is 14.0. The van der Waals surface area contributed by atoms with E-state index in [4.69, 9.17) is 18.9 Å². The lowest BCUT2D eigenvalue weighted by atomic mass is 9.79. The molecule has 1 aromatic heterocycles. The predicted molar refractivity (Wildman–Crippen MR) is 188 cm³/mol. The monoisotopic (exact) mass is 701 g/mol. The van der Waals surface area contributed by atoms with Crippen molar-refractivity contribution in [1.29, 1.82) is 0 Å². The summed E-state index contributed by atoms with van der Waals surface area (Å²) < 4.78 is 23.6. The number of nitrogens with zero attached hydrogens (tertiary/aromatic N) is 1. The van der Waals surface area contributed by atoms with Crippen molar-refractivity contribution in [3.05, 3.63) is 83.7 Å². The molecule has 0 radical (unpaired) electrons. The molecule has 0 bridgehead atoms. The van der Waals surface area contributed by atoms with E-state index in [1.165, 1.54) is 0 Å². The first-order valence-corrected chi connectivity index (χ1v) is 17.4. The van der Waals surface area contributed by atoms with Crippen molar-refractivity contribution in [2.75, 3.05) is 20.3 Å². The fourth-order valence-corrected chi connectivity index (χ4v) is 6.64. The van der Waals surface area contributed by atoms with Gasteiger partial charge in [-0.1, -0.05) is 30.3 Å². The fourth-order valence-electron chi connectivity index (χ4n) is 6.64. The van der Waals surface area contributed by atoms with E-state index in [0.29, 0.717) is 37.4 Å². The number of hydrogen-bond donors (Lipinski definition) is 2. The van der Waals surface area contributed by atoms with Gasteiger partial charge in [0.05, 0.1) is 25.4 Å². The van der Waals surface area contributed by atoms with Gasteiger partial charge in [0.15, 0.2) is 5.78 Å². The van der Waals surface area contributed by atoms with E-state index >= 15 is 0 Å². The topological polar surface area (TPSA) is 151 Å². The molecular weight excluding hydrogens is 654 g/mol. The number of amides is 2. The number of ketones is 2. The number of aryl methyl sites for hydroxylation is 2. The smallest absolute Gasteiger partial charge is 0.412 e. The summed E-state index contributed by atoms with van der Waals surface area (Å²) >= 11 is 0. The normalized spacial score (nSPS) is 18.8. The molecule has 3 aromatic rings. The van der Waals surface area contributed by atoms with E-state index in [0.717, 1.165) is 23.2 Å². The average Bonchev–Trinajstić information content (AvgIpc) is 3.42. The van der Waals surface area contributed by atoms with Gasteiger partial charge in [0.2, 0.25) is 5.91 Å². The molecule has 2 heterocycles. The van der Waals surface area contributed by atoms with Gasteiger partial charge in [0.25, 0.3) is 0 Å². The standard InChI is InChI=1S/C39H47N3O9/c1-39(2,3)51-34(45)22-31(33(44)24-49-20-8-11-25-9-6-5-7-10-25)40-37(46)27-21-32(43)35-30(17-12-26-18-19-42(23-27)36(26)35)41-38(47)50-29-15-13-28(48-4)14-16-29/h5-7,9-10,13-16,18-19,27,30-31,35H,8,11-12,17,20-24H2,1-4H3,(H,40,46)(H,41,47). The van der Waals surface area contributed by atoms with Crippen molar-refractivity contribution >= 4 is 29.5 Å². The Labute approximate surface area is 298 Å². The molecular formula is C39H47N3O9. The molecule has 0 saturated heterocycles. The third kappa shape index (κ3) is 10.3. The Morgan fingerprint density at radius 3 is 2.41 bits per heavy atom. The van der Waals surface area contributed by atoms with Gasteiger partial charge in [-0.15, -0.1) is 0 Å². The summed E-state index contributed by atoms with van der Waals surface area (Å²) in [6, 6.07) is 16.7. The summed E-state index contributed by atoms with van der Waals surface area (Å²) in [5.41, 5.74) is 2.12. The number of Topliss-reactive ketones (excluding diaryl/α,β-unsaturated/α-hetero) is 2. The molecule has 4 atom stereocenters. The van der Waals surface area contributed by atoms with E-state index in [1.54, 1.807) is 52.1 Å². The van der Waals surface area contributed by atoms with E-state index in [9.17, 15) is 24.0 Å². The minimum atomic E-state index is -1.20. The van der Waals surface area contributed by atoms with Gasteiger partial charge in [-0.3, -0.25) is 19.2 Å². The number of carbonyl (C=O) groups is 5. The van der Waals surface area contributed by atoms with Crippen LogP contribution >= 0.6 is 0 Å². The lowest BCUT2D eigenvalue weighted by Gasteiger charge is -2.31. The molecule has 2 aromatic carbocycles. The Hall–Kier alpha value is -4.97. The molecule has 0 spiro atoms. The molecule has 2 aliphatic rings. The molecule has 272 valence electrons. The number of rotatable bonds is 14. The lowest BCUT2D eigenvalue weighted by molar-refractivity contribution is -0.156. The zero-order chi connectivity index (χ0) is 36.5. The molecule has 2 N–H and O–H groups in total. The van der Waals surface area contributed by atoms with E-state index in [-0.39, 0.29) is 31.8 Å². The van der Waals surface area contributed by atoms with Crippen LogP contribution in [0.4, 0.5) is 4.79 Å². The van der Waals surface area contributed by atoms with Gasteiger partial charge >= 0.3 is 12.1 Å². The minimum absolute atomic E-state index is 0.118. The number of hydrogen-bond acceptors (Lipinski definition) is 9. The van der Waals surface area contributed by atoms with Crippen LogP contribution in [0, 0.1) is 5.92 Å². The maximum absolute atomic E-state index is 13.9. The Morgan fingerprint density at radius 1 is 0.980 bits per heavy atom. The van der Waals surface area contributed by atoms with Crippen LogP contribution in [0.15, 0.2) is 66.9 Å². The highest BCUT2D eigenvalue weighted by Gasteiger charge is 2.43. The molecule has 12 nitrogen and oxygen atoms in total. The molecule has 12 heteroatoms. The molecule has 0 fully saturated rings. The summed E-state index contributed by atoms with van der Waals surface area (Å²) in [7, 11) is 1.54. The first kappa shape index (κ1) is 37.3. The molecule has 1 aliphatic carbocycles. The van der Waals surface area contributed by atoms with Crippen LogP contribution < -0.4 is 20.1 Å². The molecule has 2 amide bonds. The van der Waals surface area contributed by atoms with Crippen molar-refractivity contribution < 1.29 is 42.9 Å². The molecule has 5 rings (SSSR count). The molecule has 0 saturated carbocycles. The van der Waals surface area contributed by atoms with Crippen LogP contribution in [-0.2, 0) is 48.0 Å². The van der Waals surface area contributed by atoms with Gasteiger partial charge in [-0.25, -0.2) is 4.79 Å². The fraction of sp³-hybridized carbons (Fsp3) is 0.462. The number of methoxy groups -OCH3 is 1. The quantitative estimate of drug-likeness (QED) is 0.180. The van der Waals surface area contributed by atoms with Crippen molar-refractivity contribution in [2.24, 2.45) is 5.92 Å². The van der Waals surface area contributed by atoms with Crippen LogP contribution in [0.5, 0.6) is 11.5 Å². The second kappa shape index (κ2) is 16.8. The Morgan fingerprint density at radius 2 is 1.71 bits per heavy atom. The Bertz CT molecular complexity index is 1690. The Kier molecular flexibility index (Phi) is 12.3. The first-order chi connectivity index (χ1) is 24.4. The highest BCUT2D eigenvalue weighted by atomic mass is 16.6. The van der Waals surface area contributed by atoms with Crippen LogP contribution in [0.25, 0.3) is 0 Å². The summed E-state index contributed by atoms with van der Waals surface area (Å²) in [5, 5.41) is 5.63. The number of esters is 1. The van der Waals surface area contributed by atoms with Gasteiger partial charge in [0, 0.05) is 37.5 Å². The van der Waals surface area contributed by atoms with Crippen molar-refractivity contribution in [3.63, 3.8) is 0 Å². The Balaban J connectivity index is 1.24. The van der Waals surface area contributed by atoms with Gasteiger partial charge < -0.3 is 34.1 Å². The number of carbonyl (C=O) groups excluding carboxylic acids is 5. The summed E-state index contributed by atoms with van der Waals surface area (Å²) in [5.74, 6) is -2.41. The molecule has 4 unspecified atom stereocenters. The average molecular weight is 702 g/mol. The third-order valence-electron chi connectivity index (χ3n) is 9.01. The van der Waals surface area contributed by atoms with E-state index in [1.807, 2.05) is 47.2 Å². The van der Waals surface area contributed by atoms with Crippen molar-refractivity contribution in [3.8, 4) is 11.5 Å². The first-order valence-electron chi connectivity index (χ1n) is 17.4. The summed E-state index contributed by atoms with van der Waals surface area (Å²) in [4.78, 5) is 66.9. The van der Waals surface area contributed by atoms with Gasteiger partial charge in [-0.2, -0.15) is 0 Å². The maximum Gasteiger partial charge on any atom is 0.412 e.